The third-order valence-corrected chi connectivity index (χ3v) is 5.92. The number of hydrogen-bond acceptors (Lipinski definition) is 9. The average molecular weight is 461 g/mol. The molecule has 0 aromatic carbocycles. The molecule has 4 aromatic rings. The van der Waals surface area contributed by atoms with Crippen LogP contribution in [0.5, 0.6) is 0 Å². The summed E-state index contributed by atoms with van der Waals surface area (Å²) in [5.41, 5.74) is 3.10. The lowest BCUT2D eigenvalue weighted by Crippen LogP contribution is -2.39. The van der Waals surface area contributed by atoms with Crippen LogP contribution in [0.2, 0.25) is 5.02 Å². The Bertz CT molecular complexity index is 1320. The van der Waals surface area contributed by atoms with Crippen molar-refractivity contribution in [2.45, 2.75) is 25.8 Å². The summed E-state index contributed by atoms with van der Waals surface area (Å²) in [5, 5.41) is 24.2. The lowest BCUT2D eigenvalue weighted by molar-refractivity contribution is 0.521. The van der Waals surface area contributed by atoms with Crippen LogP contribution in [0.25, 0.3) is 5.65 Å². The van der Waals surface area contributed by atoms with Gasteiger partial charge in [-0.15, -0.1) is 10.2 Å². The Balaban J connectivity index is 1.25. The second-order valence-electron chi connectivity index (χ2n) is 7.87. The summed E-state index contributed by atoms with van der Waals surface area (Å²) in [6.45, 7) is 3.65. The maximum absolute atomic E-state index is 8.88. The van der Waals surface area contributed by atoms with Gasteiger partial charge in [0.15, 0.2) is 17.3 Å². The van der Waals surface area contributed by atoms with Gasteiger partial charge in [0.25, 0.3) is 0 Å². The van der Waals surface area contributed by atoms with Gasteiger partial charge in [0, 0.05) is 49.5 Å². The van der Waals surface area contributed by atoms with Gasteiger partial charge in [-0.3, -0.25) is 0 Å². The second kappa shape index (κ2) is 8.88. The number of nitrogens with zero attached hydrogens (tertiary/aromatic N) is 8. The van der Waals surface area contributed by atoms with E-state index in [1.54, 1.807) is 18.5 Å². The van der Waals surface area contributed by atoms with Crippen molar-refractivity contribution >= 4 is 40.5 Å². The average Bonchev–Trinajstić information content (AvgIpc) is 3.29. The van der Waals surface area contributed by atoms with Gasteiger partial charge >= 0.3 is 0 Å². The monoisotopic (exact) mass is 460 g/mol. The highest BCUT2D eigenvalue weighted by atomic mass is 35.5. The van der Waals surface area contributed by atoms with Crippen LogP contribution in [0.1, 0.15) is 24.1 Å². The molecule has 0 atom stereocenters. The van der Waals surface area contributed by atoms with Crippen molar-refractivity contribution in [2.75, 3.05) is 28.6 Å². The van der Waals surface area contributed by atoms with E-state index < -0.39 is 0 Å². The summed E-state index contributed by atoms with van der Waals surface area (Å²) >= 11 is 6.38. The molecule has 1 aliphatic heterocycles. The van der Waals surface area contributed by atoms with Gasteiger partial charge in [-0.05, 0) is 37.5 Å². The fourth-order valence-corrected chi connectivity index (χ4v) is 4.00. The van der Waals surface area contributed by atoms with Crippen molar-refractivity contribution in [3.63, 3.8) is 0 Å². The fraction of sp³-hybridized carbons (Fsp3) is 0.273. The number of pyridine rings is 1. The Labute approximate surface area is 195 Å². The van der Waals surface area contributed by atoms with E-state index in [9.17, 15) is 0 Å². The van der Waals surface area contributed by atoms with Crippen molar-refractivity contribution < 1.29 is 0 Å². The number of nitrogens with one attached hydrogen (secondary N) is 2. The molecule has 33 heavy (non-hydrogen) atoms. The zero-order chi connectivity index (χ0) is 22.8. The normalized spacial score (nSPS) is 14.3. The van der Waals surface area contributed by atoms with Crippen molar-refractivity contribution in [1.29, 1.82) is 5.26 Å². The third-order valence-electron chi connectivity index (χ3n) is 5.65. The first kappa shape index (κ1) is 20.9. The van der Waals surface area contributed by atoms with Crippen molar-refractivity contribution in [3.8, 4) is 6.07 Å². The number of aryl methyl sites for hydroxylation is 1. The molecule has 0 amide bonds. The molecule has 0 aliphatic carbocycles. The van der Waals surface area contributed by atoms with Gasteiger partial charge < -0.3 is 19.9 Å². The Morgan fingerprint density at radius 2 is 2.03 bits per heavy atom. The molecule has 0 bridgehead atoms. The molecule has 166 valence electrons. The van der Waals surface area contributed by atoms with E-state index in [1.807, 2.05) is 41.9 Å². The molecule has 5 heterocycles. The van der Waals surface area contributed by atoms with Crippen LogP contribution < -0.4 is 15.5 Å². The number of anilines is 4. The maximum Gasteiger partial charge on any atom is 0.229 e. The quantitative estimate of drug-likeness (QED) is 0.460. The molecule has 4 aromatic heterocycles. The highest BCUT2D eigenvalue weighted by molar-refractivity contribution is 6.32. The number of nitriles is 1. The summed E-state index contributed by atoms with van der Waals surface area (Å²) in [6, 6.07) is 7.69. The first-order valence-electron chi connectivity index (χ1n) is 10.6. The van der Waals surface area contributed by atoms with Crippen molar-refractivity contribution in [2.24, 2.45) is 0 Å². The predicted molar refractivity (Wildman–Crippen MR) is 126 cm³/mol. The summed E-state index contributed by atoms with van der Waals surface area (Å²) in [6.07, 6.45) is 9.06. The Hall–Kier alpha value is -3.97. The molecule has 0 unspecified atom stereocenters. The molecular weight excluding hydrogens is 440 g/mol. The minimum atomic E-state index is 0.218. The van der Waals surface area contributed by atoms with Gasteiger partial charge in [-0.25, -0.2) is 9.97 Å². The molecule has 11 heteroatoms. The summed E-state index contributed by atoms with van der Waals surface area (Å²) in [4.78, 5) is 15.4. The SMILES string of the molecule is Cc1cn2ccnc2cc1Nc1ncc(Cl)c(NC2CCN(c3ccc(C#N)nn3)CC2)n1. The second-order valence-corrected chi connectivity index (χ2v) is 8.28. The molecule has 1 aliphatic rings. The molecule has 2 N–H and O–H groups in total. The van der Waals surface area contributed by atoms with Crippen LogP contribution in [-0.2, 0) is 0 Å². The number of imidazole rings is 1. The van der Waals surface area contributed by atoms with E-state index >= 15 is 0 Å². The number of rotatable bonds is 5. The lowest BCUT2D eigenvalue weighted by Gasteiger charge is -2.33. The smallest absolute Gasteiger partial charge is 0.229 e. The fourth-order valence-electron chi connectivity index (χ4n) is 3.85. The maximum atomic E-state index is 8.88. The topological polar surface area (TPSA) is 120 Å². The number of halogens is 1. The standard InChI is InChI=1S/C22H21ClN10/c1-14-13-33-9-6-25-20(33)10-18(14)28-22-26-12-17(23)21(29-22)27-15-4-7-32(8-5-15)19-3-2-16(11-24)30-31-19/h2-3,6,9-10,12-13,15H,4-5,7-8H2,1H3,(H2,26,27,28,29). The lowest BCUT2D eigenvalue weighted by atomic mass is 10.1. The van der Waals surface area contributed by atoms with Crippen LogP contribution in [-0.4, -0.2) is 48.7 Å². The largest absolute Gasteiger partial charge is 0.366 e. The molecular formula is C22H21ClN10. The summed E-state index contributed by atoms with van der Waals surface area (Å²) in [7, 11) is 0. The van der Waals surface area contributed by atoms with E-state index in [4.69, 9.17) is 16.9 Å². The molecule has 0 radical (unpaired) electrons. The molecule has 0 saturated carbocycles. The van der Waals surface area contributed by atoms with E-state index in [0.717, 1.165) is 48.6 Å². The van der Waals surface area contributed by atoms with E-state index in [2.05, 4.69) is 40.7 Å². The van der Waals surface area contributed by atoms with Crippen molar-refractivity contribution in [3.05, 3.63) is 59.3 Å². The third kappa shape index (κ3) is 4.49. The van der Waals surface area contributed by atoms with Gasteiger partial charge in [0.05, 0.1) is 6.20 Å². The van der Waals surface area contributed by atoms with Crippen LogP contribution in [0, 0.1) is 18.3 Å². The first-order valence-corrected chi connectivity index (χ1v) is 10.9. The molecule has 10 nitrogen and oxygen atoms in total. The Morgan fingerprint density at radius 1 is 1.18 bits per heavy atom. The zero-order valence-corrected chi connectivity index (χ0v) is 18.7. The number of piperidine rings is 1. The Kier molecular flexibility index (Phi) is 5.62. The van der Waals surface area contributed by atoms with E-state index in [1.165, 1.54) is 0 Å². The zero-order valence-electron chi connectivity index (χ0n) is 17.9. The van der Waals surface area contributed by atoms with Crippen LogP contribution in [0.15, 0.2) is 43.0 Å². The van der Waals surface area contributed by atoms with E-state index in [-0.39, 0.29) is 6.04 Å². The van der Waals surface area contributed by atoms with Crippen molar-refractivity contribution in [1.82, 2.24) is 29.5 Å². The molecule has 1 saturated heterocycles. The van der Waals surface area contributed by atoms with Crippen LogP contribution >= 0.6 is 11.6 Å². The molecule has 5 rings (SSSR count). The van der Waals surface area contributed by atoms with Gasteiger partial charge in [0.2, 0.25) is 5.95 Å². The highest BCUT2D eigenvalue weighted by Crippen LogP contribution is 2.26. The summed E-state index contributed by atoms with van der Waals surface area (Å²) in [5.74, 6) is 1.85. The van der Waals surface area contributed by atoms with Gasteiger partial charge in [0.1, 0.15) is 16.7 Å². The molecule has 0 spiro atoms. The van der Waals surface area contributed by atoms with Gasteiger partial charge in [-0.2, -0.15) is 10.2 Å². The van der Waals surface area contributed by atoms with E-state index in [0.29, 0.717) is 22.5 Å². The minimum absolute atomic E-state index is 0.218. The van der Waals surface area contributed by atoms with Gasteiger partial charge in [-0.1, -0.05) is 11.6 Å². The number of aromatic nitrogens is 6. The predicted octanol–water partition coefficient (Wildman–Crippen LogP) is 3.57. The van der Waals surface area contributed by atoms with Crippen LogP contribution in [0.4, 0.5) is 23.3 Å². The summed E-state index contributed by atoms with van der Waals surface area (Å²) < 4.78 is 1.96. The first-order chi connectivity index (χ1) is 16.1. The minimum Gasteiger partial charge on any atom is -0.366 e. The highest BCUT2D eigenvalue weighted by Gasteiger charge is 2.22. The Morgan fingerprint density at radius 3 is 2.79 bits per heavy atom. The number of fused-ring (bicyclic) bond motifs is 1. The number of hydrogen-bond donors (Lipinski definition) is 2. The van der Waals surface area contributed by atoms with Crippen LogP contribution in [0.3, 0.4) is 0 Å². The molecule has 1 fully saturated rings.